The zero-order valence-electron chi connectivity index (χ0n) is 10.5. The van der Waals surface area contributed by atoms with Crippen LogP contribution in [0.25, 0.3) is 0 Å². The van der Waals surface area contributed by atoms with Gasteiger partial charge in [-0.2, -0.15) is 0 Å². The molecule has 2 aliphatic rings. The van der Waals surface area contributed by atoms with Crippen molar-refractivity contribution < 1.29 is 14.2 Å². The summed E-state index contributed by atoms with van der Waals surface area (Å²) in [6.07, 6.45) is 2.11. The molecule has 1 saturated carbocycles. The van der Waals surface area contributed by atoms with E-state index in [1.165, 1.54) is 0 Å². The lowest BCUT2D eigenvalue weighted by atomic mass is 9.88. The maximum atomic E-state index is 6.33. The lowest BCUT2D eigenvalue weighted by molar-refractivity contribution is 0.174. The second kappa shape index (κ2) is 3.93. The van der Waals surface area contributed by atoms with Crippen molar-refractivity contribution in [3.8, 4) is 17.2 Å². The normalized spacial score (nSPS) is 20.7. The molecule has 2 N–H and O–H groups in total. The summed E-state index contributed by atoms with van der Waals surface area (Å²) in [4.78, 5) is 0. The number of halogens is 1. The van der Waals surface area contributed by atoms with E-state index in [2.05, 4.69) is 0 Å². The third kappa shape index (κ3) is 1.49. The Hall–Kier alpha value is -1.13. The van der Waals surface area contributed by atoms with E-state index in [1.807, 2.05) is 13.0 Å². The second-order valence-electron chi connectivity index (χ2n) is 4.95. The summed E-state index contributed by atoms with van der Waals surface area (Å²) in [6.45, 7) is 2.22. The number of benzene rings is 1. The highest BCUT2D eigenvalue weighted by Crippen LogP contribution is 2.58. The smallest absolute Gasteiger partial charge is 0.231 e. The molecule has 1 aromatic rings. The van der Waals surface area contributed by atoms with Crippen LogP contribution >= 0.6 is 11.6 Å². The molecule has 0 amide bonds. The zero-order valence-corrected chi connectivity index (χ0v) is 11.2. The van der Waals surface area contributed by atoms with E-state index in [0.717, 1.165) is 18.4 Å². The Bertz CT molecular complexity index is 497. The molecule has 98 valence electrons. The molecule has 18 heavy (non-hydrogen) atoms. The van der Waals surface area contributed by atoms with E-state index in [-0.39, 0.29) is 18.2 Å². The van der Waals surface area contributed by atoms with Crippen LogP contribution in [0.1, 0.15) is 25.3 Å². The average molecular weight is 270 g/mol. The fourth-order valence-electron chi connectivity index (χ4n) is 2.66. The molecule has 0 spiro atoms. The van der Waals surface area contributed by atoms with E-state index in [4.69, 9.17) is 31.5 Å². The van der Waals surface area contributed by atoms with Crippen LogP contribution in [-0.4, -0.2) is 19.9 Å². The Kier molecular flexibility index (Phi) is 2.61. The summed E-state index contributed by atoms with van der Waals surface area (Å²) in [6, 6.07) is 2.02. The van der Waals surface area contributed by atoms with Gasteiger partial charge in [-0.05, 0) is 25.8 Å². The van der Waals surface area contributed by atoms with E-state index in [0.29, 0.717) is 22.3 Å². The van der Waals surface area contributed by atoms with E-state index in [1.54, 1.807) is 7.11 Å². The predicted molar refractivity (Wildman–Crippen MR) is 68.7 cm³/mol. The van der Waals surface area contributed by atoms with Gasteiger partial charge in [-0.3, -0.25) is 0 Å². The largest absolute Gasteiger partial charge is 0.495 e. The third-order valence-corrected chi connectivity index (χ3v) is 4.30. The van der Waals surface area contributed by atoms with Crippen LogP contribution in [-0.2, 0) is 5.41 Å². The molecule has 0 radical (unpaired) electrons. The molecule has 4 nitrogen and oxygen atoms in total. The van der Waals surface area contributed by atoms with Crippen LogP contribution in [0.5, 0.6) is 17.2 Å². The standard InChI is InChI=1S/C13H16ClNO3/c1-7(15)13(3-4-13)8-5-9-12(18-6-17-9)10(14)11(8)16-2/h5,7H,3-4,6,15H2,1-2H3. The van der Waals surface area contributed by atoms with Gasteiger partial charge in [-0.1, -0.05) is 11.6 Å². The van der Waals surface area contributed by atoms with Crippen LogP contribution in [0, 0.1) is 0 Å². The zero-order chi connectivity index (χ0) is 12.9. The van der Waals surface area contributed by atoms with Gasteiger partial charge in [0.15, 0.2) is 11.5 Å². The van der Waals surface area contributed by atoms with E-state index in [9.17, 15) is 0 Å². The van der Waals surface area contributed by atoms with Gasteiger partial charge in [0, 0.05) is 17.0 Å². The van der Waals surface area contributed by atoms with Crippen molar-refractivity contribution in [3.63, 3.8) is 0 Å². The lowest BCUT2D eigenvalue weighted by Gasteiger charge is -2.23. The van der Waals surface area contributed by atoms with Crippen LogP contribution in [0.2, 0.25) is 5.02 Å². The molecule has 3 rings (SSSR count). The highest BCUT2D eigenvalue weighted by molar-refractivity contribution is 6.34. The number of hydrogen-bond acceptors (Lipinski definition) is 4. The van der Waals surface area contributed by atoms with Crippen molar-refractivity contribution in [1.82, 2.24) is 0 Å². The molecule has 0 saturated heterocycles. The number of ether oxygens (including phenoxy) is 3. The summed E-state index contributed by atoms with van der Waals surface area (Å²) in [5.74, 6) is 1.91. The van der Waals surface area contributed by atoms with Crippen LogP contribution in [0.4, 0.5) is 0 Å². The van der Waals surface area contributed by atoms with Crippen molar-refractivity contribution in [2.24, 2.45) is 5.73 Å². The lowest BCUT2D eigenvalue weighted by Crippen LogP contribution is -2.31. The molecule has 1 aliphatic heterocycles. The maximum Gasteiger partial charge on any atom is 0.231 e. The number of hydrogen-bond donors (Lipinski definition) is 1. The van der Waals surface area contributed by atoms with E-state index >= 15 is 0 Å². The van der Waals surface area contributed by atoms with Gasteiger partial charge >= 0.3 is 0 Å². The Labute approximate surface area is 111 Å². The average Bonchev–Trinajstić information content (AvgIpc) is 3.02. The minimum Gasteiger partial charge on any atom is -0.495 e. The number of fused-ring (bicyclic) bond motifs is 1. The molecule has 1 unspecified atom stereocenters. The minimum atomic E-state index is -0.0318. The van der Waals surface area contributed by atoms with Crippen molar-refractivity contribution in [2.75, 3.05) is 13.9 Å². The van der Waals surface area contributed by atoms with Crippen molar-refractivity contribution in [3.05, 3.63) is 16.7 Å². The fraction of sp³-hybridized carbons (Fsp3) is 0.538. The summed E-state index contributed by atoms with van der Waals surface area (Å²) in [5.41, 5.74) is 7.12. The number of rotatable bonds is 3. The summed E-state index contributed by atoms with van der Waals surface area (Å²) >= 11 is 6.33. The molecule has 5 heteroatoms. The third-order valence-electron chi connectivity index (χ3n) is 3.96. The van der Waals surface area contributed by atoms with Gasteiger partial charge in [-0.25, -0.2) is 0 Å². The molecule has 1 atom stereocenters. The molecule has 0 aromatic heterocycles. The first-order valence-electron chi connectivity index (χ1n) is 6.02. The first kappa shape index (κ1) is 11.9. The number of nitrogens with two attached hydrogens (primary N) is 1. The monoisotopic (exact) mass is 269 g/mol. The van der Waals surface area contributed by atoms with Gasteiger partial charge in [0.1, 0.15) is 10.8 Å². The molecule has 1 aromatic carbocycles. The Morgan fingerprint density at radius 1 is 1.44 bits per heavy atom. The summed E-state index contributed by atoms with van der Waals surface area (Å²) in [5, 5.41) is 0.481. The topological polar surface area (TPSA) is 53.7 Å². The van der Waals surface area contributed by atoms with Crippen LogP contribution in [0.3, 0.4) is 0 Å². The van der Waals surface area contributed by atoms with Gasteiger partial charge in [0.2, 0.25) is 6.79 Å². The Balaban J connectivity index is 2.18. The van der Waals surface area contributed by atoms with Gasteiger partial charge in [0.05, 0.1) is 7.11 Å². The summed E-state index contributed by atoms with van der Waals surface area (Å²) in [7, 11) is 1.62. The minimum absolute atomic E-state index is 0.0318. The molecule has 1 fully saturated rings. The Morgan fingerprint density at radius 3 is 2.72 bits per heavy atom. The molecular weight excluding hydrogens is 254 g/mol. The highest BCUT2D eigenvalue weighted by Gasteiger charge is 2.50. The van der Waals surface area contributed by atoms with E-state index < -0.39 is 0 Å². The number of methoxy groups -OCH3 is 1. The highest BCUT2D eigenvalue weighted by atomic mass is 35.5. The molecular formula is C13H16ClNO3. The first-order chi connectivity index (χ1) is 8.60. The molecule has 1 aliphatic carbocycles. The molecule has 0 bridgehead atoms. The molecule has 1 heterocycles. The first-order valence-corrected chi connectivity index (χ1v) is 6.40. The van der Waals surface area contributed by atoms with Crippen molar-refractivity contribution >= 4 is 11.6 Å². The quantitative estimate of drug-likeness (QED) is 0.916. The van der Waals surface area contributed by atoms with Gasteiger partial charge in [0.25, 0.3) is 0 Å². The second-order valence-corrected chi connectivity index (χ2v) is 5.33. The Morgan fingerprint density at radius 2 is 2.17 bits per heavy atom. The van der Waals surface area contributed by atoms with Crippen LogP contribution in [0.15, 0.2) is 6.07 Å². The fourth-order valence-corrected chi connectivity index (χ4v) is 2.99. The maximum absolute atomic E-state index is 6.33. The van der Waals surface area contributed by atoms with Crippen LogP contribution < -0.4 is 19.9 Å². The van der Waals surface area contributed by atoms with Gasteiger partial charge in [-0.15, -0.1) is 0 Å². The SMILES string of the molecule is COc1c(C2(C(C)N)CC2)cc2c(c1Cl)OCO2. The van der Waals surface area contributed by atoms with Crippen molar-refractivity contribution in [1.29, 1.82) is 0 Å². The predicted octanol–water partition coefficient (Wildman–Crippen LogP) is 2.46. The van der Waals surface area contributed by atoms with Crippen molar-refractivity contribution in [2.45, 2.75) is 31.2 Å². The van der Waals surface area contributed by atoms with Gasteiger partial charge < -0.3 is 19.9 Å². The summed E-state index contributed by atoms with van der Waals surface area (Å²) < 4.78 is 16.2.